The zero-order valence-electron chi connectivity index (χ0n) is 14.9. The molecule has 6 nitrogen and oxygen atoms in total. The van der Waals surface area contributed by atoms with E-state index in [9.17, 15) is 22.4 Å². The van der Waals surface area contributed by atoms with Crippen molar-refractivity contribution >= 4 is 27.5 Å². The molecule has 0 saturated carbocycles. The van der Waals surface area contributed by atoms with Crippen LogP contribution in [0.2, 0.25) is 0 Å². The summed E-state index contributed by atoms with van der Waals surface area (Å²) >= 11 is 0. The average molecular weight is 390 g/mol. The van der Waals surface area contributed by atoms with Crippen molar-refractivity contribution in [2.75, 3.05) is 5.32 Å². The zero-order chi connectivity index (χ0) is 19.8. The predicted octanol–water partition coefficient (Wildman–Crippen LogP) is 2.76. The van der Waals surface area contributed by atoms with Gasteiger partial charge in [-0.3, -0.25) is 9.59 Å². The third-order valence-corrected chi connectivity index (χ3v) is 6.44. The topological polar surface area (TPSA) is 83.6 Å². The number of nitrogens with one attached hydrogen (secondary N) is 1. The Morgan fingerprint density at radius 3 is 2.41 bits per heavy atom. The third-order valence-electron chi connectivity index (χ3n) is 4.61. The van der Waals surface area contributed by atoms with Gasteiger partial charge in [0, 0.05) is 12.1 Å². The number of aryl methyl sites for hydroxylation is 2. The number of amides is 2. The van der Waals surface area contributed by atoms with Crippen LogP contribution in [0.25, 0.3) is 0 Å². The largest absolute Gasteiger partial charge is 0.324 e. The Labute approximate surface area is 157 Å². The van der Waals surface area contributed by atoms with Gasteiger partial charge in [-0.25, -0.2) is 17.1 Å². The molecule has 1 heterocycles. The van der Waals surface area contributed by atoms with E-state index in [1.54, 1.807) is 13.0 Å². The maximum atomic E-state index is 13.0. The lowest BCUT2D eigenvalue weighted by Crippen LogP contribution is -2.45. The summed E-state index contributed by atoms with van der Waals surface area (Å²) in [5.41, 5.74) is 2.02. The standard InChI is InChI=1S/C19H19FN2O4S/c1-12-3-8-16(11-13(12)2)27(25,26)22-17(9-10-18(22)23)19(24)21-15-6-4-14(20)5-7-15/h3-8,11,17H,9-10H2,1-2H3,(H,21,24)/t17-/m0/s1. The Morgan fingerprint density at radius 2 is 1.78 bits per heavy atom. The molecule has 2 aromatic rings. The van der Waals surface area contributed by atoms with Gasteiger partial charge < -0.3 is 5.32 Å². The van der Waals surface area contributed by atoms with E-state index < -0.39 is 33.7 Å². The van der Waals surface area contributed by atoms with Gasteiger partial charge in [-0.05, 0) is 67.8 Å². The van der Waals surface area contributed by atoms with Crippen molar-refractivity contribution in [3.05, 3.63) is 59.4 Å². The fraction of sp³-hybridized carbons (Fsp3) is 0.263. The zero-order valence-corrected chi connectivity index (χ0v) is 15.7. The first kappa shape index (κ1) is 19.0. The van der Waals surface area contributed by atoms with Gasteiger partial charge in [0.1, 0.15) is 11.9 Å². The molecule has 0 bridgehead atoms. The molecule has 0 radical (unpaired) electrons. The molecule has 2 aromatic carbocycles. The number of hydrogen-bond donors (Lipinski definition) is 1. The Kier molecular flexibility index (Phi) is 5.01. The smallest absolute Gasteiger partial charge is 0.267 e. The van der Waals surface area contributed by atoms with E-state index in [4.69, 9.17) is 0 Å². The van der Waals surface area contributed by atoms with E-state index >= 15 is 0 Å². The summed E-state index contributed by atoms with van der Waals surface area (Å²) in [4.78, 5) is 24.8. The van der Waals surface area contributed by atoms with Gasteiger partial charge >= 0.3 is 0 Å². The lowest BCUT2D eigenvalue weighted by atomic mass is 10.1. The molecule has 1 N–H and O–H groups in total. The maximum Gasteiger partial charge on any atom is 0.267 e. The SMILES string of the molecule is Cc1ccc(S(=O)(=O)N2C(=O)CC[C@H]2C(=O)Nc2ccc(F)cc2)cc1C. The van der Waals surface area contributed by atoms with Gasteiger partial charge in [-0.2, -0.15) is 0 Å². The molecule has 8 heteroatoms. The van der Waals surface area contributed by atoms with Crippen LogP contribution in [0.5, 0.6) is 0 Å². The minimum absolute atomic E-state index is 0.0274. The lowest BCUT2D eigenvalue weighted by Gasteiger charge is -2.24. The summed E-state index contributed by atoms with van der Waals surface area (Å²) in [5, 5.41) is 2.54. The number of carbonyl (C=O) groups is 2. The number of benzene rings is 2. The van der Waals surface area contributed by atoms with E-state index in [0.29, 0.717) is 9.99 Å². The molecule has 0 aromatic heterocycles. The molecular weight excluding hydrogens is 371 g/mol. The summed E-state index contributed by atoms with van der Waals surface area (Å²) in [6.45, 7) is 3.63. The summed E-state index contributed by atoms with van der Waals surface area (Å²) in [5.74, 6) is -1.70. The molecule has 1 aliphatic rings. The van der Waals surface area contributed by atoms with E-state index in [1.807, 2.05) is 6.92 Å². The summed E-state index contributed by atoms with van der Waals surface area (Å²) in [7, 11) is -4.16. The molecule has 0 spiro atoms. The fourth-order valence-electron chi connectivity index (χ4n) is 2.95. The molecule has 142 valence electrons. The van der Waals surface area contributed by atoms with Crippen LogP contribution in [0.15, 0.2) is 47.4 Å². The molecule has 1 fully saturated rings. The van der Waals surface area contributed by atoms with Crippen molar-refractivity contribution in [2.24, 2.45) is 0 Å². The van der Waals surface area contributed by atoms with Gasteiger partial charge in [-0.1, -0.05) is 6.07 Å². The Bertz CT molecular complexity index is 1000. The highest BCUT2D eigenvalue weighted by Gasteiger charge is 2.44. The first-order valence-corrected chi connectivity index (χ1v) is 9.85. The van der Waals surface area contributed by atoms with Crippen LogP contribution < -0.4 is 5.32 Å². The average Bonchev–Trinajstić information content (AvgIpc) is 3.01. The molecule has 0 unspecified atom stereocenters. The van der Waals surface area contributed by atoms with Crippen molar-refractivity contribution in [2.45, 2.75) is 37.6 Å². The van der Waals surface area contributed by atoms with Gasteiger partial charge in [0.2, 0.25) is 11.8 Å². The normalized spacial score (nSPS) is 17.2. The first-order chi connectivity index (χ1) is 12.7. The minimum atomic E-state index is -4.16. The van der Waals surface area contributed by atoms with Gasteiger partial charge in [0.05, 0.1) is 4.90 Å². The number of rotatable bonds is 4. The third kappa shape index (κ3) is 3.71. The highest BCUT2D eigenvalue weighted by Crippen LogP contribution is 2.29. The molecule has 1 atom stereocenters. The molecular formula is C19H19FN2O4S. The molecule has 1 aliphatic heterocycles. The number of nitrogens with zero attached hydrogens (tertiary/aromatic N) is 1. The monoisotopic (exact) mass is 390 g/mol. The van der Waals surface area contributed by atoms with Gasteiger partial charge in [-0.15, -0.1) is 0 Å². The molecule has 1 saturated heterocycles. The van der Waals surface area contributed by atoms with Crippen molar-refractivity contribution < 1.29 is 22.4 Å². The summed E-state index contributed by atoms with van der Waals surface area (Å²) in [6, 6.07) is 8.53. The second-order valence-electron chi connectivity index (χ2n) is 6.49. The summed E-state index contributed by atoms with van der Waals surface area (Å²) in [6.07, 6.45) is 0.0571. The number of hydrogen-bond acceptors (Lipinski definition) is 4. The highest BCUT2D eigenvalue weighted by molar-refractivity contribution is 7.89. The van der Waals surface area contributed by atoms with E-state index in [-0.39, 0.29) is 17.7 Å². The lowest BCUT2D eigenvalue weighted by molar-refractivity contribution is -0.128. The number of anilines is 1. The van der Waals surface area contributed by atoms with Crippen molar-refractivity contribution in [1.82, 2.24) is 4.31 Å². The van der Waals surface area contributed by atoms with Crippen molar-refractivity contribution in [3.8, 4) is 0 Å². The number of sulfonamides is 1. The number of halogens is 1. The maximum absolute atomic E-state index is 13.0. The van der Waals surface area contributed by atoms with E-state index in [1.165, 1.54) is 36.4 Å². The Hall–Kier alpha value is -2.74. The Balaban J connectivity index is 1.90. The molecule has 2 amide bonds. The van der Waals surface area contributed by atoms with Crippen LogP contribution in [-0.2, 0) is 19.6 Å². The van der Waals surface area contributed by atoms with Gasteiger partial charge in [0.15, 0.2) is 0 Å². The van der Waals surface area contributed by atoms with Crippen molar-refractivity contribution in [1.29, 1.82) is 0 Å². The van der Waals surface area contributed by atoms with E-state index in [0.717, 1.165) is 11.1 Å². The molecule has 3 rings (SSSR count). The van der Waals surface area contributed by atoms with E-state index in [2.05, 4.69) is 5.32 Å². The van der Waals surface area contributed by atoms with Crippen LogP contribution in [-0.4, -0.2) is 30.6 Å². The van der Waals surface area contributed by atoms with Crippen LogP contribution in [0.1, 0.15) is 24.0 Å². The summed E-state index contributed by atoms with van der Waals surface area (Å²) < 4.78 is 39.7. The number of carbonyl (C=O) groups excluding carboxylic acids is 2. The van der Waals surface area contributed by atoms with Crippen LogP contribution in [0.4, 0.5) is 10.1 Å². The Morgan fingerprint density at radius 1 is 1.11 bits per heavy atom. The van der Waals surface area contributed by atoms with Gasteiger partial charge in [0.25, 0.3) is 10.0 Å². The van der Waals surface area contributed by atoms with Crippen LogP contribution >= 0.6 is 0 Å². The second kappa shape index (κ2) is 7.11. The highest BCUT2D eigenvalue weighted by atomic mass is 32.2. The van der Waals surface area contributed by atoms with Crippen molar-refractivity contribution in [3.63, 3.8) is 0 Å². The van der Waals surface area contributed by atoms with Crippen LogP contribution in [0, 0.1) is 19.7 Å². The minimum Gasteiger partial charge on any atom is -0.324 e. The quantitative estimate of drug-likeness (QED) is 0.870. The second-order valence-corrected chi connectivity index (χ2v) is 8.31. The predicted molar refractivity (Wildman–Crippen MR) is 98.0 cm³/mol. The molecule has 0 aliphatic carbocycles. The first-order valence-electron chi connectivity index (χ1n) is 8.41. The van der Waals surface area contributed by atoms with Crippen LogP contribution in [0.3, 0.4) is 0 Å². The molecule has 27 heavy (non-hydrogen) atoms. The fourth-order valence-corrected chi connectivity index (χ4v) is 4.64.